The van der Waals surface area contributed by atoms with E-state index >= 15 is 0 Å². The number of aliphatic hydroxyl groups is 1. The van der Waals surface area contributed by atoms with Gasteiger partial charge in [-0.3, -0.25) is 0 Å². The second-order valence-electron chi connectivity index (χ2n) is 3.87. The number of hydrazine groups is 1. The zero-order valence-electron chi connectivity index (χ0n) is 10.0. The van der Waals surface area contributed by atoms with E-state index in [-0.39, 0.29) is 12.6 Å². The number of nitrogens with two attached hydrogens (primary N) is 1. The topological polar surface area (TPSA) is 87.3 Å². The second-order valence-corrected chi connectivity index (χ2v) is 4.66. The summed E-state index contributed by atoms with van der Waals surface area (Å²) in [6.45, 7) is 5.03. The Bertz CT molecular complexity index is 361. The Kier molecular flexibility index (Phi) is 5.60. The van der Waals surface area contributed by atoms with Gasteiger partial charge in [-0.15, -0.1) is 0 Å². The maximum atomic E-state index is 8.91. The predicted octanol–water partition coefficient (Wildman–Crippen LogP) is 1.12. The van der Waals surface area contributed by atoms with Crippen LogP contribution in [0.5, 0.6) is 0 Å². The largest absolute Gasteiger partial charge is 0.396 e. The molecule has 96 valence electrons. The first-order valence-corrected chi connectivity index (χ1v) is 6.25. The molecule has 0 aliphatic carbocycles. The minimum absolute atomic E-state index is 0.161. The zero-order chi connectivity index (χ0) is 12.8. The van der Waals surface area contributed by atoms with Crippen molar-refractivity contribution in [3.63, 3.8) is 0 Å². The van der Waals surface area contributed by atoms with Crippen molar-refractivity contribution >= 4 is 27.6 Å². The Morgan fingerprint density at radius 3 is 2.76 bits per heavy atom. The first-order valence-electron chi connectivity index (χ1n) is 5.46. The minimum Gasteiger partial charge on any atom is -0.396 e. The standard InChI is InChI=1S/C10H18BrN5O/c1-7(2)16(4-3-5-17)10-8(11)9(15-12)13-6-14-10/h6-7,17H,3-5,12H2,1-2H3,(H,13,14,15). The highest BCUT2D eigenvalue weighted by atomic mass is 79.9. The number of aliphatic hydroxyl groups excluding tert-OH is 1. The fraction of sp³-hybridized carbons (Fsp3) is 0.600. The third-order valence-electron chi connectivity index (χ3n) is 2.36. The van der Waals surface area contributed by atoms with Crippen molar-refractivity contribution in [2.24, 2.45) is 5.84 Å². The summed E-state index contributed by atoms with van der Waals surface area (Å²) in [5.41, 5.74) is 2.51. The number of nitrogens with zero attached hydrogens (tertiary/aromatic N) is 3. The molecular formula is C10H18BrN5O. The lowest BCUT2D eigenvalue weighted by Gasteiger charge is -2.28. The van der Waals surface area contributed by atoms with Crippen molar-refractivity contribution in [3.8, 4) is 0 Å². The van der Waals surface area contributed by atoms with E-state index in [0.29, 0.717) is 12.2 Å². The molecule has 1 heterocycles. The molecule has 0 fully saturated rings. The summed E-state index contributed by atoms with van der Waals surface area (Å²) >= 11 is 3.43. The van der Waals surface area contributed by atoms with Crippen LogP contribution in [0.15, 0.2) is 10.8 Å². The van der Waals surface area contributed by atoms with Gasteiger partial charge in [-0.25, -0.2) is 15.8 Å². The van der Waals surface area contributed by atoms with Gasteiger partial charge in [0.05, 0.1) is 0 Å². The molecule has 1 rings (SSSR count). The summed E-state index contributed by atoms with van der Waals surface area (Å²) in [6.07, 6.45) is 2.16. The van der Waals surface area contributed by atoms with Gasteiger partial charge in [0, 0.05) is 19.2 Å². The van der Waals surface area contributed by atoms with Crippen LogP contribution in [0.3, 0.4) is 0 Å². The van der Waals surface area contributed by atoms with Crippen LogP contribution in [-0.4, -0.2) is 34.3 Å². The van der Waals surface area contributed by atoms with E-state index in [4.69, 9.17) is 10.9 Å². The van der Waals surface area contributed by atoms with Crippen LogP contribution in [-0.2, 0) is 0 Å². The van der Waals surface area contributed by atoms with E-state index in [1.54, 1.807) is 0 Å². The normalized spacial score (nSPS) is 10.7. The highest BCUT2D eigenvalue weighted by Gasteiger charge is 2.17. The van der Waals surface area contributed by atoms with Gasteiger partial charge in [0.1, 0.15) is 16.6 Å². The van der Waals surface area contributed by atoms with E-state index in [2.05, 4.69) is 50.1 Å². The molecule has 0 unspecified atom stereocenters. The Balaban J connectivity index is 3.01. The highest BCUT2D eigenvalue weighted by Crippen LogP contribution is 2.29. The molecular weight excluding hydrogens is 286 g/mol. The fourth-order valence-corrected chi connectivity index (χ4v) is 2.06. The van der Waals surface area contributed by atoms with E-state index in [1.807, 2.05) is 0 Å². The van der Waals surface area contributed by atoms with Gasteiger partial charge in [-0.05, 0) is 36.2 Å². The number of anilines is 2. The molecule has 0 aromatic carbocycles. The average molecular weight is 304 g/mol. The number of halogens is 1. The smallest absolute Gasteiger partial charge is 0.159 e. The minimum atomic E-state index is 0.161. The average Bonchev–Trinajstić information content (AvgIpc) is 2.31. The maximum Gasteiger partial charge on any atom is 0.159 e. The van der Waals surface area contributed by atoms with Crippen molar-refractivity contribution in [1.29, 1.82) is 0 Å². The lowest BCUT2D eigenvalue weighted by molar-refractivity contribution is 0.288. The van der Waals surface area contributed by atoms with Gasteiger partial charge in [0.25, 0.3) is 0 Å². The van der Waals surface area contributed by atoms with Gasteiger partial charge in [0.15, 0.2) is 5.82 Å². The molecule has 1 aromatic rings. The quantitative estimate of drug-likeness (QED) is 0.539. The van der Waals surface area contributed by atoms with Gasteiger partial charge < -0.3 is 15.4 Å². The van der Waals surface area contributed by atoms with Crippen molar-refractivity contribution < 1.29 is 5.11 Å². The second kappa shape index (κ2) is 6.73. The van der Waals surface area contributed by atoms with Gasteiger partial charge >= 0.3 is 0 Å². The SMILES string of the molecule is CC(C)N(CCCO)c1ncnc(NN)c1Br. The first-order chi connectivity index (χ1) is 8.11. The molecule has 0 saturated carbocycles. The Hall–Kier alpha value is -0.920. The maximum absolute atomic E-state index is 8.91. The molecule has 0 aliphatic heterocycles. The number of hydrogen-bond donors (Lipinski definition) is 3. The number of nitrogen functional groups attached to an aromatic ring is 1. The van der Waals surface area contributed by atoms with E-state index in [0.717, 1.165) is 16.8 Å². The summed E-state index contributed by atoms with van der Waals surface area (Å²) in [6, 6.07) is 0.276. The summed E-state index contributed by atoms with van der Waals surface area (Å²) in [5, 5.41) is 8.91. The third kappa shape index (κ3) is 3.52. The summed E-state index contributed by atoms with van der Waals surface area (Å²) in [5.74, 6) is 6.69. The van der Waals surface area contributed by atoms with Gasteiger partial charge in [0.2, 0.25) is 0 Å². The summed E-state index contributed by atoms with van der Waals surface area (Å²) in [4.78, 5) is 10.3. The molecule has 0 atom stereocenters. The van der Waals surface area contributed by atoms with E-state index in [1.165, 1.54) is 6.33 Å². The van der Waals surface area contributed by atoms with Crippen LogP contribution in [0.2, 0.25) is 0 Å². The lowest BCUT2D eigenvalue weighted by atomic mass is 10.3. The van der Waals surface area contributed by atoms with Crippen LogP contribution in [0.1, 0.15) is 20.3 Å². The number of rotatable bonds is 6. The lowest BCUT2D eigenvalue weighted by Crippen LogP contribution is -2.33. The molecule has 1 aromatic heterocycles. The van der Waals surface area contributed by atoms with Crippen molar-refractivity contribution in [3.05, 3.63) is 10.8 Å². The molecule has 0 amide bonds. The molecule has 0 bridgehead atoms. The van der Waals surface area contributed by atoms with E-state index < -0.39 is 0 Å². The van der Waals surface area contributed by atoms with Crippen molar-refractivity contribution in [2.75, 3.05) is 23.5 Å². The van der Waals surface area contributed by atoms with Crippen molar-refractivity contribution in [2.45, 2.75) is 26.3 Å². The third-order valence-corrected chi connectivity index (χ3v) is 3.09. The molecule has 0 spiro atoms. The van der Waals surface area contributed by atoms with Crippen LogP contribution in [0.25, 0.3) is 0 Å². The van der Waals surface area contributed by atoms with Crippen molar-refractivity contribution in [1.82, 2.24) is 9.97 Å². The Morgan fingerprint density at radius 1 is 1.53 bits per heavy atom. The fourth-order valence-electron chi connectivity index (χ4n) is 1.51. The molecule has 6 nitrogen and oxygen atoms in total. The molecule has 17 heavy (non-hydrogen) atoms. The van der Waals surface area contributed by atoms with Gasteiger partial charge in [-0.1, -0.05) is 0 Å². The predicted molar refractivity (Wildman–Crippen MR) is 71.7 cm³/mol. The van der Waals surface area contributed by atoms with Crippen LogP contribution >= 0.6 is 15.9 Å². The Morgan fingerprint density at radius 2 is 2.24 bits per heavy atom. The number of nitrogens with one attached hydrogen (secondary N) is 1. The highest BCUT2D eigenvalue weighted by molar-refractivity contribution is 9.10. The molecule has 0 saturated heterocycles. The van der Waals surface area contributed by atoms with E-state index in [9.17, 15) is 0 Å². The molecule has 7 heteroatoms. The van der Waals surface area contributed by atoms with Gasteiger partial charge in [-0.2, -0.15) is 0 Å². The first kappa shape index (κ1) is 14.1. The zero-order valence-corrected chi connectivity index (χ0v) is 11.6. The Labute approximate surface area is 109 Å². The molecule has 4 N–H and O–H groups in total. The number of hydrogen-bond acceptors (Lipinski definition) is 6. The summed E-state index contributed by atoms with van der Waals surface area (Å²) in [7, 11) is 0. The number of aromatic nitrogens is 2. The molecule has 0 aliphatic rings. The molecule has 0 radical (unpaired) electrons. The summed E-state index contributed by atoms with van der Waals surface area (Å²) < 4.78 is 0.731. The van der Waals surface area contributed by atoms with Crippen LogP contribution in [0.4, 0.5) is 11.6 Å². The monoisotopic (exact) mass is 303 g/mol. The van der Waals surface area contributed by atoms with Crippen LogP contribution < -0.4 is 16.2 Å². The van der Waals surface area contributed by atoms with Crippen LogP contribution in [0, 0.1) is 0 Å².